The van der Waals surface area contributed by atoms with E-state index < -0.39 is 0 Å². The normalized spacial score (nSPS) is 12.0. The van der Waals surface area contributed by atoms with Crippen LogP contribution in [0, 0.1) is 0 Å². The Morgan fingerprint density at radius 1 is 0.875 bits per heavy atom. The first kappa shape index (κ1) is 16.5. The van der Waals surface area contributed by atoms with E-state index in [1.165, 1.54) is 0 Å². The highest BCUT2D eigenvalue weighted by molar-refractivity contribution is 6.36. The lowest BCUT2D eigenvalue weighted by molar-refractivity contribution is 0.354. The van der Waals surface area contributed by atoms with E-state index in [1.54, 1.807) is 14.2 Å². The number of anilines is 1. The molecule has 0 aliphatic rings. The topological polar surface area (TPSA) is 30.5 Å². The Hall–Kier alpha value is -2.39. The van der Waals surface area contributed by atoms with Gasteiger partial charge in [0.2, 0.25) is 0 Å². The van der Waals surface area contributed by atoms with Crippen LogP contribution in [0.3, 0.4) is 0 Å². The van der Waals surface area contributed by atoms with E-state index in [4.69, 9.17) is 21.1 Å². The molecule has 1 atom stereocenters. The molecule has 3 rings (SSSR count). The molecule has 0 amide bonds. The van der Waals surface area contributed by atoms with E-state index in [2.05, 4.69) is 18.3 Å². The number of benzene rings is 3. The maximum Gasteiger partial charge on any atom is 0.161 e. The molecule has 0 aliphatic heterocycles. The van der Waals surface area contributed by atoms with Crippen molar-refractivity contribution in [2.24, 2.45) is 0 Å². The highest BCUT2D eigenvalue weighted by atomic mass is 35.5. The third kappa shape index (κ3) is 3.13. The summed E-state index contributed by atoms with van der Waals surface area (Å²) in [5.74, 6) is 1.45. The average molecular weight is 342 g/mol. The minimum absolute atomic E-state index is 0.106. The molecular weight excluding hydrogens is 322 g/mol. The van der Waals surface area contributed by atoms with Gasteiger partial charge in [0.1, 0.15) is 0 Å². The van der Waals surface area contributed by atoms with Gasteiger partial charge >= 0.3 is 0 Å². The molecule has 4 heteroatoms. The summed E-state index contributed by atoms with van der Waals surface area (Å²) in [4.78, 5) is 0. The molecule has 3 aromatic rings. The predicted octanol–water partition coefficient (Wildman–Crippen LogP) is 5.68. The molecule has 0 radical (unpaired) electrons. The van der Waals surface area contributed by atoms with Gasteiger partial charge in [0.05, 0.1) is 14.2 Å². The van der Waals surface area contributed by atoms with Gasteiger partial charge in [-0.3, -0.25) is 0 Å². The van der Waals surface area contributed by atoms with E-state index >= 15 is 0 Å². The third-order valence-electron chi connectivity index (χ3n) is 4.15. The van der Waals surface area contributed by atoms with Gasteiger partial charge < -0.3 is 14.8 Å². The summed E-state index contributed by atoms with van der Waals surface area (Å²) >= 11 is 6.30. The molecule has 0 aromatic heterocycles. The summed E-state index contributed by atoms with van der Waals surface area (Å²) in [6.45, 7) is 2.12. The van der Waals surface area contributed by atoms with Crippen LogP contribution in [0.2, 0.25) is 5.02 Å². The fraction of sp³-hybridized carbons (Fsp3) is 0.200. The van der Waals surface area contributed by atoms with Gasteiger partial charge in [-0.25, -0.2) is 0 Å². The summed E-state index contributed by atoms with van der Waals surface area (Å²) in [7, 11) is 3.28. The van der Waals surface area contributed by atoms with Crippen LogP contribution in [0.25, 0.3) is 10.8 Å². The van der Waals surface area contributed by atoms with Crippen molar-refractivity contribution in [3.05, 3.63) is 65.2 Å². The van der Waals surface area contributed by atoms with Crippen LogP contribution in [0.1, 0.15) is 18.5 Å². The predicted molar refractivity (Wildman–Crippen MR) is 101 cm³/mol. The van der Waals surface area contributed by atoms with Crippen molar-refractivity contribution < 1.29 is 9.47 Å². The molecule has 0 saturated heterocycles. The Kier molecular flexibility index (Phi) is 4.81. The highest BCUT2D eigenvalue weighted by Crippen LogP contribution is 2.34. The lowest BCUT2D eigenvalue weighted by Crippen LogP contribution is -2.07. The quantitative estimate of drug-likeness (QED) is 0.647. The molecule has 124 valence electrons. The number of methoxy groups -OCH3 is 2. The van der Waals surface area contributed by atoms with E-state index in [-0.39, 0.29) is 6.04 Å². The average Bonchev–Trinajstić information content (AvgIpc) is 2.63. The second-order valence-corrected chi connectivity index (χ2v) is 6.03. The molecule has 0 aliphatic carbocycles. The zero-order chi connectivity index (χ0) is 17.1. The largest absolute Gasteiger partial charge is 0.493 e. The molecule has 0 bridgehead atoms. The van der Waals surface area contributed by atoms with Crippen molar-refractivity contribution in [3.63, 3.8) is 0 Å². The number of hydrogen-bond donors (Lipinski definition) is 1. The van der Waals surface area contributed by atoms with Crippen molar-refractivity contribution in [3.8, 4) is 11.5 Å². The Labute approximate surface area is 147 Å². The number of rotatable bonds is 5. The molecule has 3 aromatic carbocycles. The van der Waals surface area contributed by atoms with E-state index in [1.807, 2.05) is 48.5 Å². The molecule has 0 spiro atoms. The van der Waals surface area contributed by atoms with E-state index in [0.717, 1.165) is 38.5 Å². The SMILES string of the molecule is COc1ccc([C@@H](C)Nc2ccc(Cl)c3ccccc23)cc1OC. The van der Waals surface area contributed by atoms with Gasteiger partial charge in [-0.1, -0.05) is 41.9 Å². The van der Waals surface area contributed by atoms with Gasteiger partial charge in [0.25, 0.3) is 0 Å². The Bertz CT molecular complexity index is 863. The molecular formula is C20H20ClNO2. The number of nitrogens with one attached hydrogen (secondary N) is 1. The van der Waals surface area contributed by atoms with Crippen molar-refractivity contribution in [2.75, 3.05) is 19.5 Å². The summed E-state index contributed by atoms with van der Waals surface area (Å²) in [6.07, 6.45) is 0. The van der Waals surface area contributed by atoms with Crippen molar-refractivity contribution in [1.82, 2.24) is 0 Å². The standard InChI is InChI=1S/C20H20ClNO2/c1-13(14-8-11-19(23-2)20(12-14)24-3)22-18-10-9-17(21)15-6-4-5-7-16(15)18/h4-13,22H,1-3H3/t13-/m1/s1. The van der Waals surface area contributed by atoms with Crippen LogP contribution in [-0.4, -0.2) is 14.2 Å². The summed E-state index contributed by atoms with van der Waals surface area (Å²) in [5, 5.41) is 6.48. The summed E-state index contributed by atoms with van der Waals surface area (Å²) in [6, 6.07) is 18.1. The second-order valence-electron chi connectivity index (χ2n) is 5.62. The van der Waals surface area contributed by atoms with E-state index in [9.17, 15) is 0 Å². The molecule has 0 fully saturated rings. The fourth-order valence-electron chi connectivity index (χ4n) is 2.83. The van der Waals surface area contributed by atoms with Gasteiger partial charge in [-0.05, 0) is 36.8 Å². The van der Waals surface area contributed by atoms with Crippen molar-refractivity contribution >= 4 is 28.1 Å². The summed E-state index contributed by atoms with van der Waals surface area (Å²) < 4.78 is 10.7. The number of fused-ring (bicyclic) bond motifs is 1. The lowest BCUT2D eigenvalue weighted by atomic mass is 10.0. The Balaban J connectivity index is 1.93. The minimum atomic E-state index is 0.106. The third-order valence-corrected chi connectivity index (χ3v) is 4.48. The van der Waals surface area contributed by atoms with Crippen LogP contribution in [0.5, 0.6) is 11.5 Å². The monoisotopic (exact) mass is 341 g/mol. The Morgan fingerprint density at radius 2 is 1.58 bits per heavy atom. The number of ether oxygens (including phenoxy) is 2. The maximum absolute atomic E-state index is 6.30. The lowest BCUT2D eigenvalue weighted by Gasteiger charge is -2.19. The van der Waals surface area contributed by atoms with Crippen molar-refractivity contribution in [1.29, 1.82) is 0 Å². The molecule has 1 N–H and O–H groups in total. The maximum atomic E-state index is 6.30. The molecule has 0 unspecified atom stereocenters. The van der Waals surface area contributed by atoms with Crippen LogP contribution >= 0.6 is 11.6 Å². The Morgan fingerprint density at radius 3 is 2.29 bits per heavy atom. The van der Waals surface area contributed by atoms with E-state index in [0.29, 0.717) is 0 Å². The zero-order valence-corrected chi connectivity index (χ0v) is 14.7. The molecule has 3 nitrogen and oxygen atoms in total. The number of halogens is 1. The van der Waals surface area contributed by atoms with Gasteiger partial charge in [0, 0.05) is 27.5 Å². The van der Waals surface area contributed by atoms with Gasteiger partial charge in [0.15, 0.2) is 11.5 Å². The van der Waals surface area contributed by atoms with Crippen LogP contribution in [0.4, 0.5) is 5.69 Å². The minimum Gasteiger partial charge on any atom is -0.493 e. The highest BCUT2D eigenvalue weighted by Gasteiger charge is 2.12. The molecule has 0 heterocycles. The first-order valence-electron chi connectivity index (χ1n) is 7.79. The van der Waals surface area contributed by atoms with Crippen LogP contribution < -0.4 is 14.8 Å². The van der Waals surface area contributed by atoms with Crippen LogP contribution in [-0.2, 0) is 0 Å². The summed E-state index contributed by atoms with van der Waals surface area (Å²) in [5.41, 5.74) is 2.17. The van der Waals surface area contributed by atoms with Crippen molar-refractivity contribution in [2.45, 2.75) is 13.0 Å². The zero-order valence-electron chi connectivity index (χ0n) is 14.0. The first-order valence-corrected chi connectivity index (χ1v) is 8.17. The van der Waals surface area contributed by atoms with Gasteiger partial charge in [-0.15, -0.1) is 0 Å². The fourth-order valence-corrected chi connectivity index (χ4v) is 3.05. The smallest absolute Gasteiger partial charge is 0.161 e. The van der Waals surface area contributed by atoms with Gasteiger partial charge in [-0.2, -0.15) is 0 Å². The first-order chi connectivity index (χ1) is 11.6. The molecule has 0 saturated carbocycles. The second kappa shape index (κ2) is 7.02. The molecule has 24 heavy (non-hydrogen) atoms. The number of hydrogen-bond acceptors (Lipinski definition) is 3. The van der Waals surface area contributed by atoms with Crippen LogP contribution in [0.15, 0.2) is 54.6 Å².